The number of hydrogen-bond acceptors (Lipinski definition) is 2. The first-order chi connectivity index (χ1) is 9.83. The lowest BCUT2D eigenvalue weighted by Crippen LogP contribution is -2.12. The van der Waals surface area contributed by atoms with Crippen LogP contribution in [0.3, 0.4) is 0 Å². The Morgan fingerprint density at radius 3 is 2.80 bits per heavy atom. The molecule has 104 valence electrons. The van der Waals surface area contributed by atoms with Crippen molar-refractivity contribution in [3.8, 4) is 5.75 Å². The Kier molecular flexibility index (Phi) is 3.86. The minimum absolute atomic E-state index is 0.231. The molecule has 0 amide bonds. The molecule has 1 aliphatic rings. The molecule has 0 spiro atoms. The number of anilines is 1. The SMILES string of the molecule is Fc1ccccc1NCCOc1ccc2c(c1)CCC2. The lowest BCUT2D eigenvalue weighted by molar-refractivity contribution is 0.332. The summed E-state index contributed by atoms with van der Waals surface area (Å²) in [5, 5.41) is 3.04. The van der Waals surface area contributed by atoms with Crippen LogP contribution in [0.5, 0.6) is 5.75 Å². The van der Waals surface area contributed by atoms with Gasteiger partial charge in [0.25, 0.3) is 0 Å². The molecule has 2 aromatic carbocycles. The first-order valence-corrected chi connectivity index (χ1v) is 7.06. The highest BCUT2D eigenvalue weighted by atomic mass is 19.1. The second-order valence-electron chi connectivity index (χ2n) is 5.04. The van der Waals surface area contributed by atoms with Crippen LogP contribution in [0.15, 0.2) is 42.5 Å². The minimum atomic E-state index is -0.231. The van der Waals surface area contributed by atoms with Crippen LogP contribution < -0.4 is 10.1 Å². The first-order valence-electron chi connectivity index (χ1n) is 7.06. The summed E-state index contributed by atoms with van der Waals surface area (Å²) in [5.74, 6) is 0.672. The molecule has 3 heteroatoms. The zero-order valence-electron chi connectivity index (χ0n) is 11.4. The summed E-state index contributed by atoms with van der Waals surface area (Å²) in [6.45, 7) is 1.10. The molecule has 1 aliphatic carbocycles. The van der Waals surface area contributed by atoms with Crippen molar-refractivity contribution >= 4 is 5.69 Å². The minimum Gasteiger partial charge on any atom is -0.492 e. The van der Waals surface area contributed by atoms with Gasteiger partial charge in [0.05, 0.1) is 5.69 Å². The van der Waals surface area contributed by atoms with E-state index in [0.29, 0.717) is 18.8 Å². The number of rotatable bonds is 5. The molecule has 0 aromatic heterocycles. The van der Waals surface area contributed by atoms with Gasteiger partial charge in [-0.15, -0.1) is 0 Å². The highest BCUT2D eigenvalue weighted by Crippen LogP contribution is 2.25. The molecular formula is C17H18FNO. The van der Waals surface area contributed by atoms with E-state index < -0.39 is 0 Å². The fourth-order valence-corrected chi connectivity index (χ4v) is 2.60. The van der Waals surface area contributed by atoms with E-state index >= 15 is 0 Å². The molecule has 1 N–H and O–H groups in total. The Labute approximate surface area is 118 Å². The molecule has 0 radical (unpaired) electrons. The Morgan fingerprint density at radius 2 is 1.90 bits per heavy atom. The van der Waals surface area contributed by atoms with Gasteiger partial charge in [-0.2, -0.15) is 0 Å². The van der Waals surface area contributed by atoms with Gasteiger partial charge in [0.2, 0.25) is 0 Å². The summed E-state index contributed by atoms with van der Waals surface area (Å²) in [4.78, 5) is 0. The number of halogens is 1. The van der Waals surface area contributed by atoms with Crippen molar-refractivity contribution in [1.82, 2.24) is 0 Å². The quantitative estimate of drug-likeness (QED) is 0.835. The van der Waals surface area contributed by atoms with E-state index in [-0.39, 0.29) is 5.82 Å². The third kappa shape index (κ3) is 2.93. The molecule has 0 saturated heterocycles. The highest BCUT2D eigenvalue weighted by Gasteiger charge is 2.10. The highest BCUT2D eigenvalue weighted by molar-refractivity contribution is 5.44. The molecule has 0 aliphatic heterocycles. The topological polar surface area (TPSA) is 21.3 Å². The summed E-state index contributed by atoms with van der Waals surface area (Å²) < 4.78 is 19.1. The summed E-state index contributed by atoms with van der Waals surface area (Å²) in [6.07, 6.45) is 3.58. The summed E-state index contributed by atoms with van der Waals surface area (Å²) in [7, 11) is 0. The molecule has 0 fully saturated rings. The van der Waals surface area contributed by atoms with Gasteiger partial charge in [0, 0.05) is 6.54 Å². The fourth-order valence-electron chi connectivity index (χ4n) is 2.60. The Balaban J connectivity index is 1.49. The van der Waals surface area contributed by atoms with E-state index in [9.17, 15) is 4.39 Å². The van der Waals surface area contributed by atoms with Crippen molar-refractivity contribution in [3.63, 3.8) is 0 Å². The number of para-hydroxylation sites is 1. The maximum absolute atomic E-state index is 13.4. The third-order valence-electron chi connectivity index (χ3n) is 3.63. The van der Waals surface area contributed by atoms with Gasteiger partial charge in [-0.25, -0.2) is 4.39 Å². The van der Waals surface area contributed by atoms with E-state index in [2.05, 4.69) is 17.4 Å². The van der Waals surface area contributed by atoms with Crippen LogP contribution in [0.2, 0.25) is 0 Å². The number of ether oxygens (including phenoxy) is 1. The predicted octanol–water partition coefficient (Wildman–Crippen LogP) is 3.81. The van der Waals surface area contributed by atoms with Crippen molar-refractivity contribution in [2.75, 3.05) is 18.5 Å². The van der Waals surface area contributed by atoms with Gasteiger partial charge in [-0.3, -0.25) is 0 Å². The lowest BCUT2D eigenvalue weighted by Gasteiger charge is -2.10. The largest absolute Gasteiger partial charge is 0.492 e. The van der Waals surface area contributed by atoms with Crippen molar-refractivity contribution in [2.45, 2.75) is 19.3 Å². The number of aryl methyl sites for hydroxylation is 2. The van der Waals surface area contributed by atoms with Gasteiger partial charge in [0.1, 0.15) is 18.2 Å². The van der Waals surface area contributed by atoms with Crippen LogP contribution in [0, 0.1) is 5.82 Å². The molecule has 0 unspecified atom stereocenters. The van der Waals surface area contributed by atoms with Crippen LogP contribution in [0.4, 0.5) is 10.1 Å². The van der Waals surface area contributed by atoms with E-state index in [1.54, 1.807) is 12.1 Å². The van der Waals surface area contributed by atoms with Crippen molar-refractivity contribution < 1.29 is 9.13 Å². The maximum atomic E-state index is 13.4. The van der Waals surface area contributed by atoms with Gasteiger partial charge < -0.3 is 10.1 Å². The molecular weight excluding hydrogens is 253 g/mol. The first kappa shape index (κ1) is 13.0. The molecule has 0 bridgehead atoms. The van der Waals surface area contributed by atoms with Gasteiger partial charge in [0.15, 0.2) is 0 Å². The summed E-state index contributed by atoms with van der Waals surface area (Å²) in [6, 6.07) is 13.0. The Hall–Kier alpha value is -2.03. The number of benzene rings is 2. The Morgan fingerprint density at radius 1 is 1.05 bits per heavy atom. The van der Waals surface area contributed by atoms with Crippen LogP contribution in [0.25, 0.3) is 0 Å². The van der Waals surface area contributed by atoms with Gasteiger partial charge in [-0.1, -0.05) is 18.2 Å². The monoisotopic (exact) mass is 271 g/mol. The van der Waals surface area contributed by atoms with Crippen LogP contribution >= 0.6 is 0 Å². The fraction of sp³-hybridized carbons (Fsp3) is 0.294. The molecule has 2 aromatic rings. The van der Waals surface area contributed by atoms with E-state index in [1.165, 1.54) is 30.0 Å². The van der Waals surface area contributed by atoms with Crippen molar-refractivity contribution in [2.24, 2.45) is 0 Å². The second kappa shape index (κ2) is 5.95. The molecule has 0 atom stereocenters. The normalized spacial score (nSPS) is 13.1. The lowest BCUT2D eigenvalue weighted by atomic mass is 10.1. The zero-order chi connectivity index (χ0) is 13.8. The van der Waals surface area contributed by atoms with Crippen LogP contribution in [0.1, 0.15) is 17.5 Å². The summed E-state index contributed by atoms with van der Waals surface area (Å²) in [5.41, 5.74) is 3.37. The smallest absolute Gasteiger partial charge is 0.146 e. The van der Waals surface area contributed by atoms with Crippen LogP contribution in [-0.2, 0) is 12.8 Å². The predicted molar refractivity (Wildman–Crippen MR) is 78.9 cm³/mol. The Bertz CT molecular complexity index is 597. The standard InChI is InChI=1S/C17H18FNO/c18-16-6-1-2-7-17(16)19-10-11-20-15-9-8-13-4-3-5-14(13)12-15/h1-2,6-9,12,19H,3-5,10-11H2. The molecule has 20 heavy (non-hydrogen) atoms. The van der Waals surface area contributed by atoms with E-state index in [1.807, 2.05) is 12.1 Å². The van der Waals surface area contributed by atoms with Crippen LogP contribution in [-0.4, -0.2) is 13.2 Å². The zero-order valence-corrected chi connectivity index (χ0v) is 11.4. The molecule has 0 saturated carbocycles. The molecule has 2 nitrogen and oxygen atoms in total. The number of nitrogens with one attached hydrogen (secondary N) is 1. The number of fused-ring (bicyclic) bond motifs is 1. The average molecular weight is 271 g/mol. The van der Waals surface area contributed by atoms with E-state index in [4.69, 9.17) is 4.74 Å². The maximum Gasteiger partial charge on any atom is 0.146 e. The second-order valence-corrected chi connectivity index (χ2v) is 5.04. The molecule has 3 rings (SSSR count). The molecule has 0 heterocycles. The van der Waals surface area contributed by atoms with Crippen molar-refractivity contribution in [3.05, 3.63) is 59.4 Å². The number of hydrogen-bond donors (Lipinski definition) is 1. The van der Waals surface area contributed by atoms with Gasteiger partial charge >= 0.3 is 0 Å². The van der Waals surface area contributed by atoms with E-state index in [0.717, 1.165) is 12.2 Å². The summed E-state index contributed by atoms with van der Waals surface area (Å²) >= 11 is 0. The van der Waals surface area contributed by atoms with Crippen molar-refractivity contribution in [1.29, 1.82) is 0 Å². The average Bonchev–Trinajstić information content (AvgIpc) is 2.93. The van der Waals surface area contributed by atoms with Gasteiger partial charge in [-0.05, 0) is 54.7 Å². The third-order valence-corrected chi connectivity index (χ3v) is 3.63.